The number of nitrogens with one attached hydrogen (secondary N) is 2. The highest BCUT2D eigenvalue weighted by atomic mass is 16.1. The van der Waals surface area contributed by atoms with Crippen molar-refractivity contribution in [2.24, 2.45) is 0 Å². The maximum Gasteiger partial charge on any atom is 0.270 e. The molecule has 4 rings (SSSR count). The van der Waals surface area contributed by atoms with E-state index < -0.39 is 0 Å². The Balaban J connectivity index is 1.32. The third-order valence-corrected chi connectivity index (χ3v) is 5.30. The van der Waals surface area contributed by atoms with Crippen molar-refractivity contribution in [3.63, 3.8) is 0 Å². The summed E-state index contributed by atoms with van der Waals surface area (Å²) in [6, 6.07) is 2.57. The van der Waals surface area contributed by atoms with Crippen LogP contribution in [0.4, 0.5) is 0 Å². The van der Waals surface area contributed by atoms with E-state index in [1.165, 1.54) is 12.8 Å². The molecule has 1 amide bonds. The summed E-state index contributed by atoms with van der Waals surface area (Å²) in [5, 5.41) is 6.56. The minimum atomic E-state index is -0.130. The number of hydrogen-bond donors (Lipinski definition) is 2. The average Bonchev–Trinajstić information content (AvgIpc) is 3.24. The second-order valence-electron chi connectivity index (χ2n) is 6.98. The number of carbonyl (C=O) groups is 1. The lowest BCUT2D eigenvalue weighted by molar-refractivity contribution is 0.0867. The Labute approximate surface area is 153 Å². The molecule has 2 aromatic heterocycles. The van der Waals surface area contributed by atoms with Crippen LogP contribution in [-0.2, 0) is 0 Å². The summed E-state index contributed by atoms with van der Waals surface area (Å²) >= 11 is 0. The monoisotopic (exact) mass is 355 g/mol. The van der Waals surface area contributed by atoms with Gasteiger partial charge in [-0.2, -0.15) is 0 Å². The van der Waals surface area contributed by atoms with Crippen molar-refractivity contribution in [1.82, 2.24) is 35.1 Å². The molecule has 26 heavy (non-hydrogen) atoms. The van der Waals surface area contributed by atoms with Crippen molar-refractivity contribution in [3.8, 4) is 5.95 Å². The summed E-state index contributed by atoms with van der Waals surface area (Å²) in [6.45, 7) is 4.35. The summed E-state index contributed by atoms with van der Waals surface area (Å²) in [6.07, 6.45) is 11.1. The molecule has 0 aliphatic carbocycles. The Bertz CT molecular complexity index is 719. The zero-order valence-corrected chi connectivity index (χ0v) is 14.8. The fourth-order valence-corrected chi connectivity index (χ4v) is 3.82. The molecule has 0 unspecified atom stereocenters. The van der Waals surface area contributed by atoms with Gasteiger partial charge in [-0.15, -0.1) is 0 Å². The lowest BCUT2D eigenvalue weighted by Crippen LogP contribution is -2.50. The first-order chi connectivity index (χ1) is 12.8. The molecular formula is C18H25N7O. The molecule has 2 saturated heterocycles. The smallest absolute Gasteiger partial charge is 0.270 e. The van der Waals surface area contributed by atoms with E-state index in [4.69, 9.17) is 0 Å². The maximum absolute atomic E-state index is 12.6. The minimum absolute atomic E-state index is 0.130. The number of piperidine rings is 2. The molecule has 0 saturated carbocycles. The lowest BCUT2D eigenvalue weighted by atomic mass is 9.98. The standard InChI is InChI=1S/C18H25N7O/c26-17(16-3-8-21-18(23-16)25-12-9-20-13-25)22-14-4-10-24(11-5-14)15-1-6-19-7-2-15/h3,8-9,12-15,19H,1-2,4-7,10-11H2,(H,22,26). The summed E-state index contributed by atoms with van der Waals surface area (Å²) < 4.78 is 1.69. The molecule has 138 valence electrons. The predicted octanol–water partition coefficient (Wildman–Crippen LogP) is 0.609. The van der Waals surface area contributed by atoms with Gasteiger partial charge in [-0.3, -0.25) is 9.36 Å². The largest absolute Gasteiger partial charge is 0.348 e. The number of carbonyl (C=O) groups excluding carboxylic acids is 1. The molecule has 4 heterocycles. The number of amides is 1. The molecule has 0 aromatic carbocycles. The number of nitrogens with zero attached hydrogens (tertiary/aromatic N) is 5. The van der Waals surface area contributed by atoms with E-state index >= 15 is 0 Å². The second kappa shape index (κ2) is 7.92. The van der Waals surface area contributed by atoms with Gasteiger partial charge in [0.1, 0.15) is 12.0 Å². The van der Waals surface area contributed by atoms with Crippen molar-refractivity contribution in [3.05, 3.63) is 36.7 Å². The minimum Gasteiger partial charge on any atom is -0.348 e. The van der Waals surface area contributed by atoms with Crippen LogP contribution in [0.5, 0.6) is 0 Å². The van der Waals surface area contributed by atoms with Crippen LogP contribution in [0.1, 0.15) is 36.2 Å². The lowest BCUT2D eigenvalue weighted by Gasteiger charge is -2.39. The van der Waals surface area contributed by atoms with Gasteiger partial charge in [0.15, 0.2) is 0 Å². The van der Waals surface area contributed by atoms with Crippen LogP contribution >= 0.6 is 0 Å². The molecule has 0 bridgehead atoms. The molecule has 8 nitrogen and oxygen atoms in total. The zero-order chi connectivity index (χ0) is 17.8. The van der Waals surface area contributed by atoms with Crippen LogP contribution < -0.4 is 10.6 Å². The van der Waals surface area contributed by atoms with Gasteiger partial charge in [0.05, 0.1) is 0 Å². The highest BCUT2D eigenvalue weighted by molar-refractivity contribution is 5.92. The summed E-state index contributed by atoms with van der Waals surface area (Å²) in [7, 11) is 0. The number of hydrogen-bond acceptors (Lipinski definition) is 6. The van der Waals surface area contributed by atoms with Gasteiger partial charge in [-0.05, 0) is 44.8 Å². The van der Waals surface area contributed by atoms with E-state index in [-0.39, 0.29) is 11.9 Å². The van der Waals surface area contributed by atoms with E-state index in [9.17, 15) is 4.79 Å². The van der Waals surface area contributed by atoms with Crippen molar-refractivity contribution < 1.29 is 4.79 Å². The van der Waals surface area contributed by atoms with E-state index in [1.807, 2.05) is 0 Å². The second-order valence-corrected chi connectivity index (χ2v) is 6.98. The van der Waals surface area contributed by atoms with Gasteiger partial charge in [0, 0.05) is 43.8 Å². The van der Waals surface area contributed by atoms with Gasteiger partial charge in [0.2, 0.25) is 5.95 Å². The highest BCUT2D eigenvalue weighted by Crippen LogP contribution is 2.18. The van der Waals surface area contributed by atoms with Gasteiger partial charge >= 0.3 is 0 Å². The molecule has 2 aromatic rings. The Morgan fingerprint density at radius 1 is 1.15 bits per heavy atom. The molecule has 2 aliphatic heterocycles. The van der Waals surface area contributed by atoms with E-state index in [2.05, 4.69) is 30.5 Å². The number of likely N-dealkylation sites (tertiary alicyclic amines) is 1. The van der Waals surface area contributed by atoms with Crippen LogP contribution in [0.15, 0.2) is 31.0 Å². The first-order valence-corrected chi connectivity index (χ1v) is 9.36. The predicted molar refractivity (Wildman–Crippen MR) is 97.1 cm³/mol. The Morgan fingerprint density at radius 3 is 2.69 bits per heavy atom. The van der Waals surface area contributed by atoms with Crippen LogP contribution in [0, 0.1) is 0 Å². The normalized spacial score (nSPS) is 20.2. The van der Waals surface area contributed by atoms with E-state index in [0.717, 1.165) is 39.0 Å². The van der Waals surface area contributed by atoms with Crippen molar-refractivity contribution in [1.29, 1.82) is 0 Å². The van der Waals surface area contributed by atoms with Crippen LogP contribution in [0.3, 0.4) is 0 Å². The third kappa shape index (κ3) is 3.91. The first-order valence-electron chi connectivity index (χ1n) is 9.36. The van der Waals surface area contributed by atoms with Crippen molar-refractivity contribution in [2.75, 3.05) is 26.2 Å². The SMILES string of the molecule is O=C(NC1CCN(C2CCNCC2)CC1)c1ccnc(-n2ccnc2)n1. The van der Waals surface area contributed by atoms with Crippen LogP contribution in [0.2, 0.25) is 0 Å². The Morgan fingerprint density at radius 2 is 1.96 bits per heavy atom. The molecule has 2 fully saturated rings. The molecule has 2 aliphatic rings. The number of imidazole rings is 1. The van der Waals surface area contributed by atoms with E-state index in [0.29, 0.717) is 17.7 Å². The summed E-state index contributed by atoms with van der Waals surface area (Å²) in [4.78, 5) is 27.7. The maximum atomic E-state index is 12.6. The summed E-state index contributed by atoms with van der Waals surface area (Å²) in [5.74, 6) is 0.324. The quantitative estimate of drug-likeness (QED) is 0.835. The van der Waals surface area contributed by atoms with Crippen molar-refractivity contribution >= 4 is 5.91 Å². The molecule has 8 heteroatoms. The fourth-order valence-electron chi connectivity index (χ4n) is 3.82. The molecular weight excluding hydrogens is 330 g/mol. The zero-order valence-electron chi connectivity index (χ0n) is 14.8. The number of rotatable bonds is 4. The van der Waals surface area contributed by atoms with Gasteiger partial charge in [-0.25, -0.2) is 15.0 Å². The summed E-state index contributed by atoms with van der Waals surface area (Å²) in [5.41, 5.74) is 0.393. The topological polar surface area (TPSA) is 88.0 Å². The average molecular weight is 355 g/mol. The Kier molecular flexibility index (Phi) is 5.21. The fraction of sp³-hybridized carbons (Fsp3) is 0.556. The molecule has 0 spiro atoms. The molecule has 0 radical (unpaired) electrons. The van der Waals surface area contributed by atoms with E-state index in [1.54, 1.807) is 35.6 Å². The van der Waals surface area contributed by atoms with Gasteiger partial charge in [0.25, 0.3) is 5.91 Å². The van der Waals surface area contributed by atoms with Crippen LogP contribution in [-0.4, -0.2) is 68.6 Å². The van der Waals surface area contributed by atoms with Crippen molar-refractivity contribution in [2.45, 2.75) is 37.8 Å². The van der Waals surface area contributed by atoms with Gasteiger partial charge < -0.3 is 15.5 Å². The first kappa shape index (κ1) is 17.1. The molecule has 2 N–H and O–H groups in total. The highest BCUT2D eigenvalue weighted by Gasteiger charge is 2.27. The third-order valence-electron chi connectivity index (χ3n) is 5.30. The molecule has 0 atom stereocenters. The number of aromatic nitrogens is 4. The van der Waals surface area contributed by atoms with Gasteiger partial charge in [-0.1, -0.05) is 0 Å². The Hall–Kier alpha value is -2.32. The van der Waals surface area contributed by atoms with Crippen LogP contribution in [0.25, 0.3) is 5.95 Å².